The van der Waals surface area contributed by atoms with E-state index in [2.05, 4.69) is 35.4 Å². The first-order valence-electron chi connectivity index (χ1n) is 7.15. The molecule has 1 aromatic rings. The fourth-order valence-electron chi connectivity index (χ4n) is 2.63. The van der Waals surface area contributed by atoms with E-state index in [0.717, 1.165) is 19.5 Å². The van der Waals surface area contributed by atoms with E-state index in [-0.39, 0.29) is 0 Å². The van der Waals surface area contributed by atoms with Crippen LogP contribution in [0.2, 0.25) is 0 Å². The highest BCUT2D eigenvalue weighted by Crippen LogP contribution is 2.21. The average molecular weight is 277 g/mol. The maximum Gasteiger partial charge on any atom is 0.147 e. The van der Waals surface area contributed by atoms with Gasteiger partial charge in [-0.05, 0) is 50.2 Å². The lowest BCUT2D eigenvalue weighted by molar-refractivity contribution is -0.120. The molecular weight excluding hydrogens is 254 g/mol. The zero-order valence-electron chi connectivity index (χ0n) is 11.7. The standard InChI is InChI=1S/C16H23NOS/c1-19-16-8-4-3-7-14(16)9-10-15(18)13-17-11-5-2-6-12-17/h3-4,7-8H,2,5-6,9-13H2,1H3. The van der Waals surface area contributed by atoms with Gasteiger partial charge in [0, 0.05) is 11.3 Å². The second-order valence-electron chi connectivity index (χ2n) is 5.19. The van der Waals surface area contributed by atoms with Gasteiger partial charge in [0.15, 0.2) is 0 Å². The summed E-state index contributed by atoms with van der Waals surface area (Å²) in [4.78, 5) is 15.6. The number of ketones is 1. The summed E-state index contributed by atoms with van der Waals surface area (Å²) in [6, 6.07) is 8.39. The van der Waals surface area contributed by atoms with Crippen LogP contribution in [0.15, 0.2) is 29.2 Å². The monoisotopic (exact) mass is 277 g/mol. The fraction of sp³-hybridized carbons (Fsp3) is 0.562. The van der Waals surface area contributed by atoms with Crippen LogP contribution < -0.4 is 0 Å². The second kappa shape index (κ2) is 7.71. The molecule has 0 atom stereocenters. The Kier molecular flexibility index (Phi) is 5.93. The SMILES string of the molecule is CSc1ccccc1CCC(=O)CN1CCCCC1. The van der Waals surface area contributed by atoms with Crippen LogP contribution in [-0.2, 0) is 11.2 Å². The number of carbonyl (C=O) groups excluding carboxylic acids is 1. The summed E-state index contributed by atoms with van der Waals surface area (Å²) in [5.74, 6) is 0.387. The molecule has 19 heavy (non-hydrogen) atoms. The molecule has 0 unspecified atom stereocenters. The van der Waals surface area contributed by atoms with Crippen molar-refractivity contribution in [1.29, 1.82) is 0 Å². The molecule has 0 aliphatic carbocycles. The molecule has 1 aliphatic rings. The molecule has 2 rings (SSSR count). The van der Waals surface area contributed by atoms with E-state index < -0.39 is 0 Å². The van der Waals surface area contributed by atoms with E-state index in [0.29, 0.717) is 18.7 Å². The van der Waals surface area contributed by atoms with Gasteiger partial charge < -0.3 is 0 Å². The normalized spacial score (nSPS) is 16.5. The Hall–Kier alpha value is -0.800. The number of carbonyl (C=O) groups is 1. The predicted octanol–water partition coefficient (Wildman–Crippen LogP) is 3.40. The minimum atomic E-state index is 0.387. The highest BCUT2D eigenvalue weighted by Gasteiger charge is 2.14. The second-order valence-corrected chi connectivity index (χ2v) is 6.04. The first kappa shape index (κ1) is 14.6. The Morgan fingerprint density at radius 1 is 1.21 bits per heavy atom. The van der Waals surface area contributed by atoms with Gasteiger partial charge in [0.1, 0.15) is 5.78 Å². The molecule has 1 aromatic carbocycles. The third kappa shape index (κ3) is 4.66. The van der Waals surface area contributed by atoms with Crippen LogP contribution in [0.1, 0.15) is 31.2 Å². The average Bonchev–Trinajstić information content (AvgIpc) is 2.46. The Bertz CT molecular complexity index is 413. The molecular formula is C16H23NOS. The smallest absolute Gasteiger partial charge is 0.147 e. The van der Waals surface area contributed by atoms with E-state index in [1.54, 1.807) is 11.8 Å². The summed E-state index contributed by atoms with van der Waals surface area (Å²) in [6.07, 6.45) is 7.48. The molecule has 1 heterocycles. The summed E-state index contributed by atoms with van der Waals surface area (Å²) in [7, 11) is 0. The van der Waals surface area contributed by atoms with Crippen molar-refractivity contribution < 1.29 is 4.79 Å². The Morgan fingerprint density at radius 2 is 1.95 bits per heavy atom. The van der Waals surface area contributed by atoms with Crippen molar-refractivity contribution in [3.05, 3.63) is 29.8 Å². The first-order valence-corrected chi connectivity index (χ1v) is 8.38. The third-order valence-electron chi connectivity index (χ3n) is 3.71. The molecule has 3 heteroatoms. The lowest BCUT2D eigenvalue weighted by Crippen LogP contribution is -2.34. The number of likely N-dealkylation sites (tertiary alicyclic amines) is 1. The van der Waals surface area contributed by atoms with Gasteiger partial charge in [-0.2, -0.15) is 0 Å². The van der Waals surface area contributed by atoms with Gasteiger partial charge in [-0.3, -0.25) is 9.69 Å². The van der Waals surface area contributed by atoms with Gasteiger partial charge in [-0.1, -0.05) is 24.6 Å². The number of rotatable bonds is 6. The summed E-state index contributed by atoms with van der Waals surface area (Å²) in [5.41, 5.74) is 1.31. The van der Waals surface area contributed by atoms with Crippen molar-refractivity contribution in [2.45, 2.75) is 37.0 Å². The fourth-order valence-corrected chi connectivity index (χ4v) is 3.28. The van der Waals surface area contributed by atoms with Crippen LogP contribution in [0.3, 0.4) is 0 Å². The molecule has 0 bridgehead atoms. The van der Waals surface area contributed by atoms with E-state index in [4.69, 9.17) is 0 Å². The van der Waals surface area contributed by atoms with E-state index >= 15 is 0 Å². The van der Waals surface area contributed by atoms with Crippen molar-refractivity contribution in [3.8, 4) is 0 Å². The number of benzene rings is 1. The molecule has 2 nitrogen and oxygen atoms in total. The summed E-state index contributed by atoms with van der Waals surface area (Å²) < 4.78 is 0. The number of thioether (sulfide) groups is 1. The van der Waals surface area contributed by atoms with E-state index in [1.165, 1.54) is 29.7 Å². The lowest BCUT2D eigenvalue weighted by atomic mass is 10.1. The van der Waals surface area contributed by atoms with Crippen molar-refractivity contribution in [2.24, 2.45) is 0 Å². The maximum absolute atomic E-state index is 12.0. The largest absolute Gasteiger partial charge is 0.298 e. The van der Waals surface area contributed by atoms with Gasteiger partial charge in [-0.25, -0.2) is 0 Å². The highest BCUT2D eigenvalue weighted by molar-refractivity contribution is 7.98. The number of aryl methyl sites for hydroxylation is 1. The number of piperidine rings is 1. The molecule has 104 valence electrons. The number of hydrogen-bond acceptors (Lipinski definition) is 3. The van der Waals surface area contributed by atoms with Crippen molar-refractivity contribution in [3.63, 3.8) is 0 Å². The molecule has 0 spiro atoms. The Balaban J connectivity index is 1.79. The van der Waals surface area contributed by atoms with E-state index in [9.17, 15) is 4.79 Å². The molecule has 0 radical (unpaired) electrons. The zero-order valence-corrected chi connectivity index (χ0v) is 12.5. The maximum atomic E-state index is 12.0. The Labute approximate surface area is 120 Å². The summed E-state index contributed by atoms with van der Waals surface area (Å²) in [5, 5.41) is 0. The van der Waals surface area contributed by atoms with Gasteiger partial charge >= 0.3 is 0 Å². The minimum Gasteiger partial charge on any atom is -0.298 e. The third-order valence-corrected chi connectivity index (χ3v) is 4.55. The highest BCUT2D eigenvalue weighted by atomic mass is 32.2. The van der Waals surface area contributed by atoms with Gasteiger partial charge in [0.25, 0.3) is 0 Å². The molecule has 0 N–H and O–H groups in total. The first-order chi connectivity index (χ1) is 9.29. The molecule has 0 amide bonds. The van der Waals surface area contributed by atoms with Gasteiger partial charge in [0.2, 0.25) is 0 Å². The number of nitrogens with zero attached hydrogens (tertiary/aromatic N) is 1. The predicted molar refractivity (Wildman–Crippen MR) is 81.8 cm³/mol. The molecule has 0 saturated carbocycles. The molecule has 0 aromatic heterocycles. The Morgan fingerprint density at radius 3 is 2.68 bits per heavy atom. The molecule has 1 aliphatic heterocycles. The number of hydrogen-bond donors (Lipinski definition) is 0. The quantitative estimate of drug-likeness (QED) is 0.743. The minimum absolute atomic E-state index is 0.387. The molecule has 1 saturated heterocycles. The van der Waals surface area contributed by atoms with Crippen molar-refractivity contribution in [2.75, 3.05) is 25.9 Å². The van der Waals surface area contributed by atoms with Gasteiger partial charge in [0.05, 0.1) is 6.54 Å². The van der Waals surface area contributed by atoms with Crippen LogP contribution in [0, 0.1) is 0 Å². The van der Waals surface area contributed by atoms with Crippen molar-refractivity contribution in [1.82, 2.24) is 4.90 Å². The summed E-state index contributed by atoms with van der Waals surface area (Å²) in [6.45, 7) is 2.86. The zero-order chi connectivity index (χ0) is 13.5. The van der Waals surface area contributed by atoms with Crippen LogP contribution in [-0.4, -0.2) is 36.6 Å². The van der Waals surface area contributed by atoms with Crippen LogP contribution >= 0.6 is 11.8 Å². The van der Waals surface area contributed by atoms with Crippen LogP contribution in [0.25, 0.3) is 0 Å². The van der Waals surface area contributed by atoms with Crippen molar-refractivity contribution >= 4 is 17.5 Å². The van der Waals surface area contributed by atoms with Crippen LogP contribution in [0.4, 0.5) is 0 Å². The lowest BCUT2D eigenvalue weighted by Gasteiger charge is -2.25. The molecule has 1 fully saturated rings. The topological polar surface area (TPSA) is 20.3 Å². The summed E-state index contributed by atoms with van der Waals surface area (Å²) >= 11 is 1.76. The number of Topliss-reactive ketones (excluding diaryl/α,β-unsaturated/α-hetero) is 1. The van der Waals surface area contributed by atoms with E-state index in [1.807, 2.05) is 0 Å². The van der Waals surface area contributed by atoms with Gasteiger partial charge in [-0.15, -0.1) is 11.8 Å². The van der Waals surface area contributed by atoms with Crippen LogP contribution in [0.5, 0.6) is 0 Å².